The molecule has 3 rings (SSSR count). The Morgan fingerprint density at radius 2 is 1.80 bits per heavy atom. The van der Waals surface area contributed by atoms with E-state index in [0.29, 0.717) is 22.3 Å². The Balaban J connectivity index is 2.02. The molecule has 1 heterocycles. The van der Waals surface area contributed by atoms with E-state index in [1.807, 2.05) is 6.07 Å². The second kappa shape index (κ2) is 6.88. The molecule has 0 spiro atoms. The number of nitrogens with two attached hydrogens (primary N) is 1. The Morgan fingerprint density at radius 3 is 2.56 bits per heavy atom. The Kier molecular flexibility index (Phi) is 4.47. The predicted octanol–water partition coefficient (Wildman–Crippen LogP) is 1.79. The summed E-state index contributed by atoms with van der Waals surface area (Å²) in [5.41, 5.74) is 8.54. The molecule has 0 aliphatic carbocycles. The summed E-state index contributed by atoms with van der Waals surface area (Å²) in [7, 11) is 1.47. The van der Waals surface area contributed by atoms with Crippen LogP contribution in [0.1, 0.15) is 20.7 Å². The highest BCUT2D eigenvalue weighted by Gasteiger charge is 2.12. The van der Waals surface area contributed by atoms with E-state index in [9.17, 15) is 9.59 Å². The Morgan fingerprint density at radius 1 is 1.08 bits per heavy atom. The fourth-order valence-electron chi connectivity index (χ4n) is 2.32. The molecule has 3 aromatic rings. The maximum Gasteiger partial charge on any atom is 0.275 e. The third kappa shape index (κ3) is 3.35. The van der Waals surface area contributed by atoms with Crippen LogP contribution < -0.4 is 21.5 Å². The van der Waals surface area contributed by atoms with E-state index in [2.05, 4.69) is 10.5 Å². The van der Waals surface area contributed by atoms with E-state index < -0.39 is 11.8 Å². The van der Waals surface area contributed by atoms with Crippen LogP contribution in [-0.4, -0.2) is 18.9 Å². The van der Waals surface area contributed by atoms with Gasteiger partial charge in [0.2, 0.25) is 5.55 Å². The minimum atomic E-state index is -0.709. The monoisotopic (exact) mass is 337 g/mol. The first kappa shape index (κ1) is 16.3. The van der Waals surface area contributed by atoms with Crippen LogP contribution in [0.3, 0.4) is 0 Å². The van der Waals surface area contributed by atoms with E-state index in [-0.39, 0.29) is 11.1 Å². The number of methoxy groups -OCH3 is 1. The van der Waals surface area contributed by atoms with Gasteiger partial charge in [0.25, 0.3) is 11.8 Å². The fraction of sp³-hybridized carbons (Fsp3) is 0.0556. The summed E-state index contributed by atoms with van der Waals surface area (Å²) in [4.78, 5) is 23.9. The van der Waals surface area contributed by atoms with Crippen LogP contribution in [0.15, 0.2) is 64.1 Å². The van der Waals surface area contributed by atoms with Gasteiger partial charge in [-0.1, -0.05) is 30.3 Å². The van der Waals surface area contributed by atoms with Crippen molar-refractivity contribution in [3.63, 3.8) is 0 Å². The van der Waals surface area contributed by atoms with Crippen LogP contribution in [0.2, 0.25) is 0 Å². The van der Waals surface area contributed by atoms with Crippen LogP contribution in [0, 0.1) is 0 Å². The average Bonchev–Trinajstić information content (AvgIpc) is 2.65. The molecule has 0 fully saturated rings. The minimum Gasteiger partial charge on any atom is -0.496 e. The Bertz CT molecular complexity index is 1020. The van der Waals surface area contributed by atoms with Crippen molar-refractivity contribution in [3.8, 4) is 5.75 Å². The molecule has 0 unspecified atom stereocenters. The number of para-hydroxylation sites is 2. The van der Waals surface area contributed by atoms with Gasteiger partial charge in [-0.15, -0.1) is 5.10 Å². The number of fused-ring (bicyclic) bond motifs is 1. The Hall–Kier alpha value is -3.61. The van der Waals surface area contributed by atoms with Gasteiger partial charge in [0, 0.05) is 5.39 Å². The zero-order valence-corrected chi connectivity index (χ0v) is 13.4. The third-order valence-corrected chi connectivity index (χ3v) is 3.53. The molecule has 2 aromatic carbocycles. The molecule has 0 aliphatic rings. The van der Waals surface area contributed by atoms with Gasteiger partial charge in [-0.25, -0.2) is 5.43 Å². The summed E-state index contributed by atoms with van der Waals surface area (Å²) < 4.78 is 10.7. The molecule has 2 amide bonds. The molecule has 0 aliphatic heterocycles. The largest absolute Gasteiger partial charge is 0.496 e. The molecule has 0 saturated heterocycles. The van der Waals surface area contributed by atoms with Crippen molar-refractivity contribution in [2.24, 2.45) is 10.8 Å². The second-order valence-corrected chi connectivity index (χ2v) is 5.12. The van der Waals surface area contributed by atoms with Crippen molar-refractivity contribution in [1.82, 2.24) is 5.43 Å². The highest BCUT2D eigenvalue weighted by atomic mass is 16.5. The van der Waals surface area contributed by atoms with Gasteiger partial charge >= 0.3 is 0 Å². The van der Waals surface area contributed by atoms with Gasteiger partial charge in [0.05, 0.1) is 12.7 Å². The number of carbonyl (C=O) groups is 2. The molecule has 126 valence electrons. The van der Waals surface area contributed by atoms with E-state index in [0.717, 1.165) is 0 Å². The molecule has 1 aromatic heterocycles. The molecule has 7 heteroatoms. The maximum atomic E-state index is 12.3. The summed E-state index contributed by atoms with van der Waals surface area (Å²) in [6.45, 7) is 0. The van der Waals surface area contributed by atoms with Gasteiger partial charge in [-0.05, 0) is 24.3 Å². The average molecular weight is 337 g/mol. The predicted molar refractivity (Wildman–Crippen MR) is 90.8 cm³/mol. The van der Waals surface area contributed by atoms with Crippen molar-refractivity contribution in [2.45, 2.75) is 0 Å². The number of benzene rings is 2. The number of hydrogen-bond donors (Lipinski definition) is 2. The number of nitrogens with one attached hydrogen (secondary N) is 1. The molecule has 25 heavy (non-hydrogen) atoms. The standard InChI is InChI=1S/C18H15N3O4/c1-24-15-9-5-3-7-12(15)17(23)20-21-18-13(16(19)22)10-11-6-2-4-8-14(11)25-18/h2-10H,1H3,(H2,19,22)(H,20,23)/b21-18-. The van der Waals surface area contributed by atoms with Gasteiger partial charge in [-0.3, -0.25) is 9.59 Å². The zero-order chi connectivity index (χ0) is 17.8. The molecular formula is C18H15N3O4. The molecular weight excluding hydrogens is 322 g/mol. The first-order valence-electron chi connectivity index (χ1n) is 7.40. The molecule has 3 N–H and O–H groups in total. The van der Waals surface area contributed by atoms with Crippen molar-refractivity contribution in [2.75, 3.05) is 7.11 Å². The number of carbonyl (C=O) groups excluding carboxylic acids is 2. The lowest BCUT2D eigenvalue weighted by atomic mass is 10.2. The lowest BCUT2D eigenvalue weighted by Gasteiger charge is -2.06. The number of hydrogen-bond acceptors (Lipinski definition) is 5. The topological polar surface area (TPSA) is 107 Å². The van der Waals surface area contributed by atoms with Gasteiger partial charge in [0.1, 0.15) is 16.9 Å². The van der Waals surface area contributed by atoms with Crippen LogP contribution in [-0.2, 0) is 0 Å². The number of nitrogens with zero attached hydrogens (tertiary/aromatic N) is 1. The number of amides is 2. The number of ether oxygens (including phenoxy) is 1. The molecule has 0 saturated carbocycles. The van der Waals surface area contributed by atoms with Crippen molar-refractivity contribution < 1.29 is 18.7 Å². The summed E-state index contributed by atoms with van der Waals surface area (Å²) >= 11 is 0. The van der Waals surface area contributed by atoms with Crippen molar-refractivity contribution >= 4 is 22.8 Å². The fourth-order valence-corrected chi connectivity index (χ4v) is 2.32. The summed E-state index contributed by atoms with van der Waals surface area (Å²) in [6, 6.07) is 15.4. The summed E-state index contributed by atoms with van der Waals surface area (Å²) in [5, 5.41) is 4.61. The normalized spacial score (nSPS) is 11.3. The first-order valence-corrected chi connectivity index (χ1v) is 7.40. The highest BCUT2D eigenvalue weighted by molar-refractivity contribution is 5.97. The van der Waals surface area contributed by atoms with E-state index in [1.54, 1.807) is 48.5 Å². The second-order valence-electron chi connectivity index (χ2n) is 5.12. The number of rotatable bonds is 4. The van der Waals surface area contributed by atoms with E-state index in [1.165, 1.54) is 7.11 Å². The molecule has 0 atom stereocenters. The molecule has 0 bridgehead atoms. The van der Waals surface area contributed by atoms with Crippen LogP contribution >= 0.6 is 0 Å². The summed E-state index contributed by atoms with van der Waals surface area (Å²) in [6.07, 6.45) is 0. The van der Waals surface area contributed by atoms with E-state index in [4.69, 9.17) is 14.9 Å². The SMILES string of the molecule is COc1ccccc1C(=O)N/N=c1\oc2ccccc2cc1C(N)=O. The van der Waals surface area contributed by atoms with Crippen molar-refractivity contribution in [1.29, 1.82) is 0 Å². The van der Waals surface area contributed by atoms with Crippen LogP contribution in [0.5, 0.6) is 5.75 Å². The van der Waals surface area contributed by atoms with Crippen LogP contribution in [0.4, 0.5) is 0 Å². The maximum absolute atomic E-state index is 12.3. The Labute approximate surface area is 142 Å². The van der Waals surface area contributed by atoms with Gasteiger partial charge < -0.3 is 14.9 Å². The van der Waals surface area contributed by atoms with E-state index >= 15 is 0 Å². The lowest BCUT2D eigenvalue weighted by molar-refractivity contribution is 0.0943. The van der Waals surface area contributed by atoms with Crippen LogP contribution in [0.25, 0.3) is 11.0 Å². The highest BCUT2D eigenvalue weighted by Crippen LogP contribution is 2.17. The zero-order valence-electron chi connectivity index (χ0n) is 13.4. The lowest BCUT2D eigenvalue weighted by Crippen LogP contribution is -2.27. The third-order valence-electron chi connectivity index (χ3n) is 3.53. The quantitative estimate of drug-likeness (QED) is 0.708. The number of primary amides is 1. The van der Waals surface area contributed by atoms with Gasteiger partial charge in [-0.2, -0.15) is 0 Å². The summed E-state index contributed by atoms with van der Waals surface area (Å²) in [5.74, 6) is -0.809. The minimum absolute atomic E-state index is 0.0685. The molecule has 0 radical (unpaired) electrons. The van der Waals surface area contributed by atoms with Crippen molar-refractivity contribution in [3.05, 3.63) is 71.3 Å². The smallest absolute Gasteiger partial charge is 0.275 e. The van der Waals surface area contributed by atoms with Gasteiger partial charge in [0.15, 0.2) is 0 Å². The molecule has 7 nitrogen and oxygen atoms in total. The first-order chi connectivity index (χ1) is 12.1.